The molecular formula is C20H24BrN3O3S. The monoisotopic (exact) mass is 465 g/mol. The van der Waals surface area contributed by atoms with Crippen LogP contribution in [0.25, 0.3) is 0 Å². The summed E-state index contributed by atoms with van der Waals surface area (Å²) < 4.78 is 27.9. The van der Waals surface area contributed by atoms with Crippen molar-refractivity contribution >= 4 is 37.5 Å². The highest BCUT2D eigenvalue weighted by Crippen LogP contribution is 2.23. The van der Waals surface area contributed by atoms with Gasteiger partial charge in [0, 0.05) is 36.3 Å². The standard InChI is InChI=1S/C20H24BrN3O3S/c1-15-3-6-17(7-4-15)28(26,27)24-11-9-23(10-12-24)20(25)14-22-19-8-5-16(2)13-18(19)21/h3-8,13,22H,9-12,14H2,1-2H3. The van der Waals surface area contributed by atoms with Crippen molar-refractivity contribution in [2.24, 2.45) is 0 Å². The predicted molar refractivity (Wildman–Crippen MR) is 114 cm³/mol. The highest BCUT2D eigenvalue weighted by Gasteiger charge is 2.29. The Morgan fingerprint density at radius 3 is 2.21 bits per heavy atom. The molecule has 6 nitrogen and oxygen atoms in total. The first-order valence-corrected chi connectivity index (χ1v) is 11.4. The molecule has 0 bridgehead atoms. The molecule has 150 valence electrons. The lowest BCUT2D eigenvalue weighted by Gasteiger charge is -2.34. The highest BCUT2D eigenvalue weighted by atomic mass is 79.9. The Morgan fingerprint density at radius 1 is 1.00 bits per heavy atom. The van der Waals surface area contributed by atoms with Gasteiger partial charge in [0.05, 0.1) is 11.4 Å². The third-order valence-corrected chi connectivity index (χ3v) is 7.37. The Hall–Kier alpha value is -1.90. The van der Waals surface area contributed by atoms with Crippen LogP contribution >= 0.6 is 15.9 Å². The summed E-state index contributed by atoms with van der Waals surface area (Å²) in [7, 11) is -3.52. The van der Waals surface area contributed by atoms with Gasteiger partial charge in [0.15, 0.2) is 0 Å². The summed E-state index contributed by atoms with van der Waals surface area (Å²) in [6.07, 6.45) is 0. The number of carbonyl (C=O) groups excluding carboxylic acids is 1. The number of nitrogens with one attached hydrogen (secondary N) is 1. The van der Waals surface area contributed by atoms with Gasteiger partial charge in [0.2, 0.25) is 15.9 Å². The van der Waals surface area contributed by atoms with Crippen LogP contribution in [0.1, 0.15) is 11.1 Å². The van der Waals surface area contributed by atoms with Crippen molar-refractivity contribution in [1.82, 2.24) is 9.21 Å². The minimum Gasteiger partial charge on any atom is -0.375 e. The number of hydrogen-bond acceptors (Lipinski definition) is 4. The summed E-state index contributed by atoms with van der Waals surface area (Å²) in [5, 5.41) is 3.14. The van der Waals surface area contributed by atoms with Crippen LogP contribution in [-0.4, -0.2) is 56.3 Å². The Kier molecular flexibility index (Phi) is 6.42. The topological polar surface area (TPSA) is 69.7 Å². The molecule has 0 saturated carbocycles. The van der Waals surface area contributed by atoms with Gasteiger partial charge in [-0.25, -0.2) is 8.42 Å². The molecule has 0 atom stereocenters. The maximum absolute atomic E-state index is 12.8. The Labute approximate surface area is 174 Å². The van der Waals surface area contributed by atoms with Gasteiger partial charge in [0.1, 0.15) is 0 Å². The summed E-state index contributed by atoms with van der Waals surface area (Å²) in [5.41, 5.74) is 3.01. The molecule has 1 aliphatic rings. The molecule has 8 heteroatoms. The molecule has 1 aliphatic heterocycles. The molecule has 2 aromatic rings. The number of halogens is 1. The Balaban J connectivity index is 1.55. The minimum atomic E-state index is -3.52. The summed E-state index contributed by atoms with van der Waals surface area (Å²) in [6.45, 7) is 5.48. The van der Waals surface area contributed by atoms with E-state index in [-0.39, 0.29) is 12.5 Å². The SMILES string of the molecule is Cc1ccc(S(=O)(=O)N2CCN(C(=O)CNc3ccc(C)cc3Br)CC2)cc1. The zero-order valence-corrected chi connectivity index (χ0v) is 18.4. The molecule has 0 radical (unpaired) electrons. The maximum Gasteiger partial charge on any atom is 0.243 e. The zero-order chi connectivity index (χ0) is 20.3. The van der Waals surface area contributed by atoms with Crippen LogP contribution in [0.5, 0.6) is 0 Å². The quantitative estimate of drug-likeness (QED) is 0.736. The molecule has 1 fully saturated rings. The van der Waals surface area contributed by atoms with Gasteiger partial charge in [-0.15, -0.1) is 0 Å². The van der Waals surface area contributed by atoms with Gasteiger partial charge < -0.3 is 10.2 Å². The van der Waals surface area contributed by atoms with E-state index in [1.165, 1.54) is 4.31 Å². The van der Waals surface area contributed by atoms with Crippen LogP contribution in [0.4, 0.5) is 5.69 Å². The normalized spacial score (nSPS) is 15.5. The molecule has 1 heterocycles. The summed E-state index contributed by atoms with van der Waals surface area (Å²) >= 11 is 3.49. The second-order valence-corrected chi connectivity index (χ2v) is 9.73. The zero-order valence-electron chi connectivity index (χ0n) is 16.0. The molecule has 1 saturated heterocycles. The second kappa shape index (κ2) is 8.63. The fraction of sp³-hybridized carbons (Fsp3) is 0.350. The summed E-state index contributed by atoms with van der Waals surface area (Å²) in [5.74, 6) is -0.0418. The van der Waals surface area contributed by atoms with E-state index in [1.807, 2.05) is 32.0 Å². The van der Waals surface area contributed by atoms with Crippen LogP contribution in [0.3, 0.4) is 0 Å². The van der Waals surface area contributed by atoms with E-state index in [0.29, 0.717) is 31.1 Å². The first kappa shape index (κ1) is 20.8. The third-order valence-electron chi connectivity index (χ3n) is 4.80. The van der Waals surface area contributed by atoms with E-state index in [2.05, 4.69) is 21.2 Å². The number of anilines is 1. The van der Waals surface area contributed by atoms with Gasteiger partial charge in [0.25, 0.3) is 0 Å². The first-order chi connectivity index (χ1) is 13.3. The molecule has 2 aromatic carbocycles. The number of sulfonamides is 1. The fourth-order valence-electron chi connectivity index (χ4n) is 3.08. The van der Waals surface area contributed by atoms with Gasteiger partial charge in [-0.2, -0.15) is 4.31 Å². The number of piperazine rings is 1. The molecular weight excluding hydrogens is 442 g/mol. The van der Waals surface area contributed by atoms with E-state index in [1.54, 1.807) is 29.2 Å². The molecule has 0 aliphatic carbocycles. The van der Waals surface area contributed by atoms with Gasteiger partial charge in [-0.05, 0) is 59.6 Å². The lowest BCUT2D eigenvalue weighted by atomic mass is 10.2. The van der Waals surface area contributed by atoms with Crippen LogP contribution in [0.2, 0.25) is 0 Å². The third kappa shape index (κ3) is 4.74. The molecule has 1 N–H and O–H groups in total. The number of aryl methyl sites for hydroxylation is 2. The second-order valence-electron chi connectivity index (χ2n) is 6.93. The summed E-state index contributed by atoms with van der Waals surface area (Å²) in [6, 6.07) is 12.7. The number of nitrogens with zero attached hydrogens (tertiary/aromatic N) is 2. The predicted octanol–water partition coefficient (Wildman–Crippen LogP) is 3.01. The molecule has 0 unspecified atom stereocenters. The maximum atomic E-state index is 12.8. The van der Waals surface area contributed by atoms with Gasteiger partial charge >= 0.3 is 0 Å². The average molecular weight is 466 g/mol. The van der Waals surface area contributed by atoms with Crippen molar-refractivity contribution < 1.29 is 13.2 Å². The van der Waals surface area contributed by atoms with Crippen molar-refractivity contribution in [2.75, 3.05) is 38.0 Å². The van der Waals surface area contributed by atoms with E-state index in [9.17, 15) is 13.2 Å². The Morgan fingerprint density at radius 2 is 1.61 bits per heavy atom. The number of hydrogen-bond donors (Lipinski definition) is 1. The fourth-order valence-corrected chi connectivity index (χ4v) is 5.14. The molecule has 3 rings (SSSR count). The number of amides is 1. The van der Waals surface area contributed by atoms with E-state index in [0.717, 1.165) is 21.3 Å². The van der Waals surface area contributed by atoms with Gasteiger partial charge in [-0.3, -0.25) is 4.79 Å². The van der Waals surface area contributed by atoms with Crippen molar-refractivity contribution in [3.8, 4) is 0 Å². The van der Waals surface area contributed by atoms with Crippen molar-refractivity contribution in [3.05, 3.63) is 58.1 Å². The smallest absolute Gasteiger partial charge is 0.243 e. The largest absolute Gasteiger partial charge is 0.375 e. The van der Waals surface area contributed by atoms with Crippen molar-refractivity contribution in [3.63, 3.8) is 0 Å². The van der Waals surface area contributed by atoms with Crippen LogP contribution in [0.15, 0.2) is 51.8 Å². The lowest BCUT2D eigenvalue weighted by Crippen LogP contribution is -2.51. The molecule has 0 spiro atoms. The number of carbonyl (C=O) groups is 1. The van der Waals surface area contributed by atoms with Crippen molar-refractivity contribution in [1.29, 1.82) is 0 Å². The van der Waals surface area contributed by atoms with E-state index >= 15 is 0 Å². The van der Waals surface area contributed by atoms with Crippen LogP contribution < -0.4 is 5.32 Å². The average Bonchev–Trinajstić information content (AvgIpc) is 2.67. The van der Waals surface area contributed by atoms with Crippen LogP contribution in [0, 0.1) is 13.8 Å². The van der Waals surface area contributed by atoms with Crippen LogP contribution in [-0.2, 0) is 14.8 Å². The lowest BCUT2D eigenvalue weighted by molar-refractivity contribution is -0.130. The molecule has 1 amide bonds. The molecule has 0 aromatic heterocycles. The number of rotatable bonds is 5. The first-order valence-electron chi connectivity index (χ1n) is 9.12. The molecule has 28 heavy (non-hydrogen) atoms. The highest BCUT2D eigenvalue weighted by molar-refractivity contribution is 9.10. The van der Waals surface area contributed by atoms with Gasteiger partial charge in [-0.1, -0.05) is 23.8 Å². The van der Waals surface area contributed by atoms with E-state index in [4.69, 9.17) is 0 Å². The Bertz CT molecular complexity index is 953. The van der Waals surface area contributed by atoms with E-state index < -0.39 is 10.0 Å². The minimum absolute atomic E-state index is 0.0418. The van der Waals surface area contributed by atoms with Crippen molar-refractivity contribution in [2.45, 2.75) is 18.7 Å². The summed E-state index contributed by atoms with van der Waals surface area (Å²) in [4.78, 5) is 14.5. The number of benzene rings is 2.